The molecule has 2 aromatic rings. The second-order valence-electron chi connectivity index (χ2n) is 6.06. The number of carbonyl (C=O) groups excluding carboxylic acids is 1. The van der Waals surface area contributed by atoms with Crippen LogP contribution in [-0.4, -0.2) is 21.4 Å². The lowest BCUT2D eigenvalue weighted by Crippen LogP contribution is -2.46. The highest BCUT2D eigenvalue weighted by Gasteiger charge is 2.46. The summed E-state index contributed by atoms with van der Waals surface area (Å²) in [5, 5.41) is 11.7. The third-order valence-corrected chi connectivity index (χ3v) is 4.16. The maximum Gasteiger partial charge on any atom is 0.357 e. The predicted molar refractivity (Wildman–Crippen MR) is 87.7 cm³/mol. The van der Waals surface area contributed by atoms with Gasteiger partial charge in [-0.05, 0) is 36.5 Å². The van der Waals surface area contributed by atoms with Gasteiger partial charge in [-0.25, -0.2) is 4.79 Å². The van der Waals surface area contributed by atoms with Crippen molar-refractivity contribution in [3.05, 3.63) is 48.0 Å². The average Bonchev–Trinajstić information content (AvgIpc) is 2.50. The molecule has 0 bridgehead atoms. The lowest BCUT2D eigenvalue weighted by Gasteiger charge is -2.31. The third kappa shape index (κ3) is 3.03. The summed E-state index contributed by atoms with van der Waals surface area (Å²) in [6, 6.07) is 15.3. The number of hydrogen-bond acceptors (Lipinski definition) is 4. The van der Waals surface area contributed by atoms with Gasteiger partial charge in [0.05, 0.1) is 7.11 Å². The van der Waals surface area contributed by atoms with Gasteiger partial charge in [0.1, 0.15) is 6.07 Å². The average molecular weight is 313 g/mol. The molecule has 2 rings (SSSR count). The highest BCUT2D eigenvalue weighted by molar-refractivity contribution is 6.70. The molecule has 0 aromatic heterocycles. The molecule has 0 spiro atoms. The summed E-state index contributed by atoms with van der Waals surface area (Å²) < 4.78 is 10.8. The highest BCUT2D eigenvalue weighted by Crippen LogP contribution is 2.32. The Hall–Kier alpha value is -2.16. The number of rotatable bonds is 4. The van der Waals surface area contributed by atoms with E-state index in [-0.39, 0.29) is 0 Å². The highest BCUT2D eigenvalue weighted by atomic mass is 28.4. The molecule has 0 fully saturated rings. The van der Waals surface area contributed by atoms with Gasteiger partial charge in [-0.1, -0.05) is 36.4 Å². The molecule has 0 aliphatic carbocycles. The number of nitrogens with zero attached hydrogens (tertiary/aromatic N) is 1. The minimum atomic E-state index is -2.17. The van der Waals surface area contributed by atoms with Crippen molar-refractivity contribution in [2.24, 2.45) is 0 Å². The van der Waals surface area contributed by atoms with Gasteiger partial charge in [0.2, 0.25) is 0 Å². The molecule has 0 radical (unpaired) electrons. The normalized spacial score (nSPS) is 14.1. The van der Waals surface area contributed by atoms with Crippen molar-refractivity contribution >= 4 is 25.1 Å². The van der Waals surface area contributed by atoms with Crippen molar-refractivity contribution < 1.29 is 14.0 Å². The maximum atomic E-state index is 12.3. The standard InChI is InChI=1S/C17H19NO3Si/c1-20-16(19)17(12-18,21-22(2,3)4)15-10-9-13-7-5-6-8-14(13)11-15/h5-11H,1-4H3. The Morgan fingerprint density at radius 2 is 1.77 bits per heavy atom. The number of carbonyl (C=O) groups is 1. The van der Waals surface area contributed by atoms with E-state index in [9.17, 15) is 10.1 Å². The SMILES string of the molecule is COC(=O)C(C#N)(O[Si](C)(C)C)c1ccc2ccccc2c1. The molecule has 4 nitrogen and oxygen atoms in total. The van der Waals surface area contributed by atoms with Crippen molar-refractivity contribution in [2.75, 3.05) is 7.11 Å². The molecule has 22 heavy (non-hydrogen) atoms. The minimum Gasteiger partial charge on any atom is -0.466 e. The van der Waals surface area contributed by atoms with Crippen molar-refractivity contribution in [3.63, 3.8) is 0 Å². The monoisotopic (exact) mass is 313 g/mol. The van der Waals surface area contributed by atoms with Gasteiger partial charge in [-0.2, -0.15) is 5.26 Å². The molecule has 0 N–H and O–H groups in total. The second kappa shape index (κ2) is 5.91. The number of hydrogen-bond donors (Lipinski definition) is 0. The molecule has 1 atom stereocenters. The fourth-order valence-electron chi connectivity index (χ4n) is 2.36. The number of benzene rings is 2. The van der Waals surface area contributed by atoms with Gasteiger partial charge >= 0.3 is 5.97 Å². The summed E-state index contributed by atoms with van der Waals surface area (Å²) in [5.41, 5.74) is -1.22. The zero-order valence-corrected chi connectivity index (χ0v) is 14.2. The summed E-state index contributed by atoms with van der Waals surface area (Å²) in [4.78, 5) is 12.3. The van der Waals surface area contributed by atoms with Crippen molar-refractivity contribution in [3.8, 4) is 6.07 Å². The zero-order chi connectivity index (χ0) is 16.4. The first kappa shape index (κ1) is 16.2. The fourth-order valence-corrected chi connectivity index (χ4v) is 3.53. The smallest absolute Gasteiger partial charge is 0.357 e. The molecule has 2 aromatic carbocycles. The quantitative estimate of drug-likeness (QED) is 0.639. The number of methoxy groups -OCH3 is 1. The van der Waals surface area contributed by atoms with E-state index in [1.807, 2.05) is 62.1 Å². The van der Waals surface area contributed by atoms with Crippen LogP contribution in [0.15, 0.2) is 42.5 Å². The summed E-state index contributed by atoms with van der Waals surface area (Å²) >= 11 is 0. The first-order chi connectivity index (χ1) is 10.3. The van der Waals surface area contributed by atoms with Crippen LogP contribution in [0.4, 0.5) is 0 Å². The van der Waals surface area contributed by atoms with Crippen LogP contribution in [0.3, 0.4) is 0 Å². The minimum absolute atomic E-state index is 0.503. The van der Waals surface area contributed by atoms with E-state index in [1.165, 1.54) is 7.11 Å². The van der Waals surface area contributed by atoms with E-state index in [2.05, 4.69) is 0 Å². The third-order valence-electron chi connectivity index (χ3n) is 3.25. The van der Waals surface area contributed by atoms with E-state index in [1.54, 1.807) is 6.07 Å². The van der Waals surface area contributed by atoms with Crippen molar-refractivity contribution in [1.29, 1.82) is 5.26 Å². The molecule has 0 saturated heterocycles. The zero-order valence-electron chi connectivity index (χ0n) is 13.2. The Kier molecular flexibility index (Phi) is 4.36. The first-order valence-electron chi connectivity index (χ1n) is 7.01. The Balaban J connectivity index is 2.65. The second-order valence-corrected chi connectivity index (χ2v) is 10.5. The molecule has 5 heteroatoms. The Morgan fingerprint density at radius 3 is 2.32 bits per heavy atom. The predicted octanol–water partition coefficient (Wildman–Crippen LogP) is 3.58. The van der Waals surface area contributed by atoms with Gasteiger partial charge in [-0.15, -0.1) is 0 Å². The van der Waals surface area contributed by atoms with Gasteiger partial charge in [0.15, 0.2) is 8.32 Å². The Morgan fingerprint density at radius 1 is 1.14 bits per heavy atom. The number of nitriles is 1. The fraction of sp³-hybridized carbons (Fsp3) is 0.294. The lowest BCUT2D eigenvalue weighted by molar-refractivity contribution is -0.155. The number of ether oxygens (including phenoxy) is 1. The molecule has 0 heterocycles. The molecular weight excluding hydrogens is 294 g/mol. The van der Waals surface area contributed by atoms with Gasteiger partial charge in [0.25, 0.3) is 5.60 Å². The molecule has 0 aliphatic heterocycles. The molecule has 0 saturated carbocycles. The number of esters is 1. The van der Waals surface area contributed by atoms with E-state index in [0.717, 1.165) is 10.8 Å². The summed E-state index contributed by atoms with van der Waals surface area (Å²) in [6.07, 6.45) is 0. The molecule has 0 aliphatic rings. The topological polar surface area (TPSA) is 59.3 Å². The summed E-state index contributed by atoms with van der Waals surface area (Å²) in [5.74, 6) is -0.687. The van der Waals surface area contributed by atoms with Crippen LogP contribution in [0.2, 0.25) is 19.6 Å². The van der Waals surface area contributed by atoms with Crippen molar-refractivity contribution in [2.45, 2.75) is 25.2 Å². The van der Waals surface area contributed by atoms with Crippen LogP contribution < -0.4 is 0 Å². The van der Waals surface area contributed by atoms with Crippen LogP contribution in [0, 0.1) is 11.3 Å². The van der Waals surface area contributed by atoms with Crippen LogP contribution in [0.5, 0.6) is 0 Å². The van der Waals surface area contributed by atoms with Gasteiger partial charge < -0.3 is 9.16 Å². The molecule has 0 amide bonds. The summed E-state index contributed by atoms with van der Waals surface area (Å²) in [6.45, 7) is 5.80. The van der Waals surface area contributed by atoms with Crippen LogP contribution in [0.1, 0.15) is 5.56 Å². The molecule has 1 unspecified atom stereocenters. The first-order valence-corrected chi connectivity index (χ1v) is 10.4. The summed E-state index contributed by atoms with van der Waals surface area (Å²) in [7, 11) is -0.899. The Labute approximate surface area is 131 Å². The van der Waals surface area contributed by atoms with Crippen molar-refractivity contribution in [1.82, 2.24) is 0 Å². The molecule has 114 valence electrons. The largest absolute Gasteiger partial charge is 0.466 e. The lowest BCUT2D eigenvalue weighted by atomic mass is 9.93. The van der Waals surface area contributed by atoms with E-state index < -0.39 is 19.9 Å². The maximum absolute atomic E-state index is 12.3. The van der Waals surface area contributed by atoms with E-state index in [0.29, 0.717) is 5.56 Å². The van der Waals surface area contributed by atoms with E-state index in [4.69, 9.17) is 9.16 Å². The van der Waals surface area contributed by atoms with Crippen LogP contribution in [-0.2, 0) is 19.6 Å². The number of fused-ring (bicyclic) bond motifs is 1. The van der Waals surface area contributed by atoms with Gasteiger partial charge in [-0.3, -0.25) is 0 Å². The Bertz CT molecular complexity index is 745. The molecular formula is C17H19NO3Si. The van der Waals surface area contributed by atoms with Crippen LogP contribution in [0.25, 0.3) is 10.8 Å². The van der Waals surface area contributed by atoms with E-state index >= 15 is 0 Å². The van der Waals surface area contributed by atoms with Crippen LogP contribution >= 0.6 is 0 Å². The van der Waals surface area contributed by atoms with Gasteiger partial charge in [0, 0.05) is 5.56 Å².